The summed E-state index contributed by atoms with van der Waals surface area (Å²) in [5.41, 5.74) is -4.80. The zero-order valence-electron chi connectivity index (χ0n) is 22.5. The predicted molar refractivity (Wildman–Crippen MR) is 127 cm³/mol. The zero-order chi connectivity index (χ0) is 26.8. The molecule has 4 aliphatic carbocycles. The van der Waals surface area contributed by atoms with Gasteiger partial charge >= 0.3 is 11.9 Å². The van der Waals surface area contributed by atoms with Crippen molar-refractivity contribution in [3.8, 4) is 0 Å². The van der Waals surface area contributed by atoms with E-state index in [0.29, 0.717) is 18.4 Å². The average Bonchev–Trinajstić information content (AvgIpc) is 3.12. The highest BCUT2D eigenvalue weighted by atomic mass is 16.6. The van der Waals surface area contributed by atoms with E-state index in [2.05, 4.69) is 0 Å². The van der Waals surface area contributed by atoms with Crippen molar-refractivity contribution in [2.24, 2.45) is 44.8 Å². The molecule has 8 heteroatoms. The number of hydrogen-bond acceptors (Lipinski definition) is 8. The van der Waals surface area contributed by atoms with Crippen LogP contribution in [0.25, 0.3) is 0 Å². The van der Waals surface area contributed by atoms with Crippen molar-refractivity contribution in [3.63, 3.8) is 0 Å². The first-order valence-electron chi connectivity index (χ1n) is 13.0. The molecule has 0 aromatic rings. The van der Waals surface area contributed by atoms with Crippen LogP contribution in [-0.4, -0.2) is 54.2 Å². The van der Waals surface area contributed by atoms with E-state index in [1.54, 1.807) is 13.8 Å². The first-order chi connectivity index (χ1) is 16.6. The Balaban J connectivity index is 1.78. The van der Waals surface area contributed by atoms with Crippen LogP contribution in [0.1, 0.15) is 67.7 Å². The SMILES string of the molecule is COC(=O)[C@]12C(=O)[C@H](C)C(=O)[C@]1(C)C(C)=C[C@@H]1[C@@]34CC[C@H](OC(C)=O)C(C)(C)[C@@H]3[C@@H](C[C@]12C)O[C@H]4O. The van der Waals surface area contributed by atoms with Crippen molar-refractivity contribution in [1.82, 2.24) is 0 Å². The number of fused-ring (bicyclic) bond motifs is 3. The minimum Gasteiger partial charge on any atom is -0.468 e. The second kappa shape index (κ2) is 7.28. The molecule has 0 spiro atoms. The van der Waals surface area contributed by atoms with Crippen LogP contribution in [0.4, 0.5) is 0 Å². The molecule has 10 atom stereocenters. The second-order valence-corrected chi connectivity index (χ2v) is 12.8. The number of Topliss-reactive ketones (excluding diaryl/α,β-unsaturated/α-hetero) is 2. The van der Waals surface area contributed by atoms with Crippen LogP contribution in [0.15, 0.2) is 11.6 Å². The fraction of sp³-hybridized carbons (Fsp3) is 0.786. The van der Waals surface area contributed by atoms with Gasteiger partial charge < -0.3 is 19.3 Å². The molecule has 3 saturated carbocycles. The van der Waals surface area contributed by atoms with E-state index < -0.39 is 63.1 Å². The van der Waals surface area contributed by atoms with Crippen LogP contribution in [-0.2, 0) is 33.4 Å². The molecule has 4 fully saturated rings. The molecule has 36 heavy (non-hydrogen) atoms. The molecule has 5 rings (SSSR count). The van der Waals surface area contributed by atoms with Gasteiger partial charge in [0.1, 0.15) is 11.5 Å². The number of allylic oxidation sites excluding steroid dienone is 2. The van der Waals surface area contributed by atoms with Crippen molar-refractivity contribution < 1.29 is 38.5 Å². The first-order valence-corrected chi connectivity index (χ1v) is 13.0. The Morgan fingerprint density at radius 2 is 1.78 bits per heavy atom. The van der Waals surface area contributed by atoms with Gasteiger partial charge in [0.15, 0.2) is 17.9 Å². The largest absolute Gasteiger partial charge is 0.468 e. The number of aliphatic hydroxyl groups is 1. The van der Waals surface area contributed by atoms with E-state index in [1.165, 1.54) is 14.0 Å². The van der Waals surface area contributed by atoms with E-state index in [-0.39, 0.29) is 30.2 Å². The lowest BCUT2D eigenvalue weighted by molar-refractivity contribution is -0.226. The molecule has 8 nitrogen and oxygen atoms in total. The van der Waals surface area contributed by atoms with Gasteiger partial charge in [-0.2, -0.15) is 0 Å². The molecular formula is C28H38O8. The van der Waals surface area contributed by atoms with E-state index >= 15 is 0 Å². The van der Waals surface area contributed by atoms with Gasteiger partial charge in [0.25, 0.3) is 0 Å². The maximum atomic E-state index is 14.1. The molecule has 0 aromatic carbocycles. The highest BCUT2D eigenvalue weighted by Crippen LogP contribution is 2.79. The third-order valence-corrected chi connectivity index (χ3v) is 11.3. The Labute approximate surface area is 212 Å². The number of carbonyl (C=O) groups is 4. The lowest BCUT2D eigenvalue weighted by Gasteiger charge is -2.67. The number of esters is 2. The molecule has 1 N–H and O–H groups in total. The highest BCUT2D eigenvalue weighted by molar-refractivity contribution is 6.25. The summed E-state index contributed by atoms with van der Waals surface area (Å²) >= 11 is 0. The standard InChI is InChI=1S/C28H38O8/c1-13-11-17-25(6,28(23(33)34-8)21(31)14(2)20(30)26(13,28)7)12-16-19-24(4,5)18(35-15(3)29)9-10-27(17,19)22(32)36-16/h11,14,16-19,22,32H,9-10,12H2,1-8H3/t14-,16-,17+,18+,19+,22-,25-,26+,27+,28+/m1/s1. The number of ketones is 2. The Hall–Kier alpha value is -2.06. The summed E-state index contributed by atoms with van der Waals surface area (Å²) in [5.74, 6) is -3.28. The molecule has 1 aliphatic heterocycles. The van der Waals surface area contributed by atoms with Gasteiger partial charge in [0.2, 0.25) is 0 Å². The molecule has 0 amide bonds. The van der Waals surface area contributed by atoms with Crippen molar-refractivity contribution >= 4 is 23.5 Å². The average molecular weight is 503 g/mol. The Bertz CT molecular complexity index is 1110. The van der Waals surface area contributed by atoms with Crippen molar-refractivity contribution in [3.05, 3.63) is 11.6 Å². The Kier molecular flexibility index (Phi) is 5.17. The van der Waals surface area contributed by atoms with Crippen LogP contribution in [0, 0.1) is 44.8 Å². The topological polar surface area (TPSA) is 116 Å². The lowest BCUT2D eigenvalue weighted by atomic mass is 9.33. The predicted octanol–water partition coefficient (Wildman–Crippen LogP) is 3.00. The first kappa shape index (κ1) is 25.6. The van der Waals surface area contributed by atoms with Crippen molar-refractivity contribution in [2.45, 2.75) is 86.2 Å². The molecule has 1 saturated heterocycles. The van der Waals surface area contributed by atoms with Gasteiger partial charge in [0.05, 0.1) is 24.5 Å². The molecule has 0 unspecified atom stereocenters. The van der Waals surface area contributed by atoms with E-state index in [0.717, 1.165) is 0 Å². The molecule has 0 aromatic heterocycles. The van der Waals surface area contributed by atoms with E-state index in [9.17, 15) is 24.3 Å². The summed E-state index contributed by atoms with van der Waals surface area (Å²) in [6, 6.07) is 0. The summed E-state index contributed by atoms with van der Waals surface area (Å²) in [6.07, 6.45) is 1.37. The van der Waals surface area contributed by atoms with Gasteiger partial charge in [-0.3, -0.25) is 19.2 Å². The Morgan fingerprint density at radius 3 is 2.36 bits per heavy atom. The van der Waals surface area contributed by atoms with Gasteiger partial charge in [-0.05, 0) is 46.0 Å². The smallest absolute Gasteiger partial charge is 0.321 e. The number of methoxy groups -OCH3 is 1. The van der Waals surface area contributed by atoms with Gasteiger partial charge in [-0.25, -0.2) is 0 Å². The summed E-state index contributed by atoms with van der Waals surface area (Å²) in [7, 11) is 1.27. The van der Waals surface area contributed by atoms with Gasteiger partial charge in [0, 0.05) is 29.1 Å². The minimum atomic E-state index is -1.73. The molecule has 198 valence electrons. The van der Waals surface area contributed by atoms with Crippen LogP contribution < -0.4 is 0 Å². The zero-order valence-corrected chi connectivity index (χ0v) is 22.5. The summed E-state index contributed by atoms with van der Waals surface area (Å²) < 4.78 is 17.3. The fourth-order valence-corrected chi connectivity index (χ4v) is 9.98. The number of ether oxygens (including phenoxy) is 3. The normalized spacial score (nSPS) is 50.5. The maximum absolute atomic E-state index is 14.1. The molecule has 1 heterocycles. The van der Waals surface area contributed by atoms with Crippen LogP contribution in [0.3, 0.4) is 0 Å². The molecule has 2 bridgehead atoms. The highest BCUT2D eigenvalue weighted by Gasteiger charge is 2.85. The number of rotatable bonds is 2. The van der Waals surface area contributed by atoms with Gasteiger partial charge in [-0.1, -0.05) is 32.4 Å². The maximum Gasteiger partial charge on any atom is 0.321 e. The summed E-state index contributed by atoms with van der Waals surface area (Å²) in [5, 5.41) is 11.6. The third-order valence-electron chi connectivity index (χ3n) is 11.3. The van der Waals surface area contributed by atoms with Crippen LogP contribution >= 0.6 is 0 Å². The van der Waals surface area contributed by atoms with Gasteiger partial charge in [-0.15, -0.1) is 0 Å². The minimum absolute atomic E-state index is 0.191. The Morgan fingerprint density at radius 1 is 1.14 bits per heavy atom. The molecule has 5 aliphatic rings. The van der Waals surface area contributed by atoms with E-state index in [4.69, 9.17) is 14.2 Å². The lowest BCUT2D eigenvalue weighted by Crippen LogP contribution is -2.71. The summed E-state index contributed by atoms with van der Waals surface area (Å²) in [4.78, 5) is 53.6. The van der Waals surface area contributed by atoms with Crippen molar-refractivity contribution in [2.75, 3.05) is 7.11 Å². The quantitative estimate of drug-likeness (QED) is 0.348. The number of aliphatic hydroxyl groups excluding tert-OH is 1. The van der Waals surface area contributed by atoms with E-state index in [1.807, 2.05) is 33.8 Å². The fourth-order valence-electron chi connectivity index (χ4n) is 9.98. The monoisotopic (exact) mass is 502 g/mol. The van der Waals surface area contributed by atoms with Crippen LogP contribution in [0.2, 0.25) is 0 Å². The summed E-state index contributed by atoms with van der Waals surface area (Å²) in [6.45, 7) is 12.5. The van der Waals surface area contributed by atoms with Crippen molar-refractivity contribution in [1.29, 1.82) is 0 Å². The third kappa shape index (κ3) is 2.40. The second-order valence-electron chi connectivity index (χ2n) is 12.8. The number of hydrogen-bond donors (Lipinski definition) is 1. The van der Waals surface area contributed by atoms with Crippen LogP contribution in [0.5, 0.6) is 0 Å². The molecule has 0 radical (unpaired) electrons. The molecular weight excluding hydrogens is 464 g/mol. The number of carbonyl (C=O) groups excluding carboxylic acids is 4.